The molecule has 7 rings (SSSR count). The molecule has 1 aromatic carbocycles. The summed E-state index contributed by atoms with van der Waals surface area (Å²) in [7, 11) is 2.13. The number of ether oxygens (including phenoxy) is 1. The number of fused-ring (bicyclic) bond motifs is 6. The van der Waals surface area contributed by atoms with Gasteiger partial charge in [0.1, 0.15) is 19.1 Å². The van der Waals surface area contributed by atoms with Gasteiger partial charge in [-0.2, -0.15) is 5.01 Å². The molecule has 7 unspecified atom stereocenters. The van der Waals surface area contributed by atoms with Gasteiger partial charge in [0.25, 0.3) is 0 Å². The lowest BCUT2D eigenvalue weighted by molar-refractivity contribution is -0.178. The fourth-order valence-electron chi connectivity index (χ4n) is 7.00. The smallest absolute Gasteiger partial charge is 0.250 e. The number of hydrogen-bond acceptors (Lipinski definition) is 10. The van der Waals surface area contributed by atoms with Gasteiger partial charge in [-0.15, -0.1) is 0 Å². The van der Waals surface area contributed by atoms with Crippen LogP contribution in [-0.2, 0) is 27.4 Å². The van der Waals surface area contributed by atoms with E-state index in [1.807, 2.05) is 17.2 Å². The van der Waals surface area contributed by atoms with Gasteiger partial charge in [0, 0.05) is 31.9 Å². The van der Waals surface area contributed by atoms with Gasteiger partial charge in [0.05, 0.1) is 37.0 Å². The summed E-state index contributed by atoms with van der Waals surface area (Å²) in [6.45, 7) is 3.19. The molecule has 12 heteroatoms. The molecular weight excluding hydrogens is 500 g/mol. The zero-order valence-electron chi connectivity index (χ0n) is 22.3. The van der Waals surface area contributed by atoms with Crippen LogP contribution in [0.1, 0.15) is 30.4 Å². The molecular formula is C27H38N8O4. The van der Waals surface area contributed by atoms with E-state index in [1.54, 1.807) is 4.90 Å². The Kier molecular flexibility index (Phi) is 6.58. The zero-order chi connectivity index (χ0) is 26.7. The number of nitrogens with one attached hydrogen (secondary N) is 4. The van der Waals surface area contributed by atoms with Gasteiger partial charge < -0.3 is 20.1 Å². The van der Waals surface area contributed by atoms with E-state index in [0.29, 0.717) is 19.5 Å². The molecule has 2 bridgehead atoms. The topological polar surface area (TPSA) is 125 Å². The molecule has 0 aliphatic carbocycles. The molecule has 6 aliphatic rings. The van der Waals surface area contributed by atoms with Crippen LogP contribution in [0.2, 0.25) is 0 Å². The van der Waals surface area contributed by atoms with Crippen molar-refractivity contribution in [3.05, 3.63) is 41.5 Å². The lowest BCUT2D eigenvalue weighted by Gasteiger charge is -2.51. The Balaban J connectivity index is 1.14. The Bertz CT molecular complexity index is 1160. The maximum absolute atomic E-state index is 13.7. The molecule has 39 heavy (non-hydrogen) atoms. The van der Waals surface area contributed by atoms with Crippen LogP contribution in [0.5, 0.6) is 0 Å². The molecule has 0 saturated carbocycles. The highest BCUT2D eigenvalue weighted by molar-refractivity contribution is 5.82. The molecule has 4 saturated heterocycles. The molecule has 0 aromatic heterocycles. The number of aliphatic hydroxyl groups is 1. The molecule has 4 fully saturated rings. The fraction of sp³-hybridized carbons (Fsp3) is 0.630. The number of morpholine rings is 1. The maximum atomic E-state index is 13.7. The normalized spacial score (nSPS) is 37.9. The second-order valence-electron chi connectivity index (χ2n) is 11.6. The summed E-state index contributed by atoms with van der Waals surface area (Å²) >= 11 is 0. The molecule has 12 nitrogen and oxygen atoms in total. The van der Waals surface area contributed by atoms with Crippen molar-refractivity contribution in [2.45, 2.75) is 69.3 Å². The van der Waals surface area contributed by atoms with Gasteiger partial charge in [-0.3, -0.25) is 35.4 Å². The van der Waals surface area contributed by atoms with Crippen LogP contribution in [-0.4, -0.2) is 107 Å². The van der Waals surface area contributed by atoms with E-state index in [2.05, 4.69) is 56.4 Å². The molecule has 210 valence electrons. The van der Waals surface area contributed by atoms with Crippen LogP contribution >= 0.6 is 0 Å². The number of aliphatic hydroxyl groups excluding tert-OH is 1. The minimum Gasteiger partial charge on any atom is -0.391 e. The third kappa shape index (κ3) is 4.63. The van der Waals surface area contributed by atoms with Crippen LogP contribution in [0, 0.1) is 5.92 Å². The Morgan fingerprint density at radius 3 is 2.85 bits per heavy atom. The van der Waals surface area contributed by atoms with E-state index < -0.39 is 6.10 Å². The Hall–Kier alpha value is -2.58. The summed E-state index contributed by atoms with van der Waals surface area (Å²) in [6.07, 6.45) is 4.05. The van der Waals surface area contributed by atoms with E-state index in [0.717, 1.165) is 31.6 Å². The van der Waals surface area contributed by atoms with Gasteiger partial charge in [-0.05, 0) is 49.6 Å². The quantitative estimate of drug-likeness (QED) is 0.303. The number of amides is 2. The summed E-state index contributed by atoms with van der Waals surface area (Å²) in [5.41, 5.74) is 3.75. The van der Waals surface area contributed by atoms with Crippen molar-refractivity contribution < 1.29 is 19.4 Å². The number of hydrazine groups is 1. The molecule has 7 atom stereocenters. The van der Waals surface area contributed by atoms with Crippen molar-refractivity contribution in [1.82, 2.24) is 35.8 Å². The molecule has 1 aromatic rings. The van der Waals surface area contributed by atoms with E-state index in [1.165, 1.54) is 11.1 Å². The number of piperidine rings is 1. The van der Waals surface area contributed by atoms with Gasteiger partial charge in [-0.25, -0.2) is 0 Å². The first-order valence-electron chi connectivity index (χ1n) is 14.1. The number of nitrogens with zero attached hydrogens (tertiary/aromatic N) is 4. The average Bonchev–Trinajstić information content (AvgIpc) is 3.42. The van der Waals surface area contributed by atoms with Gasteiger partial charge in [0.2, 0.25) is 11.8 Å². The SMILES string of the molecule is CN1Cc2ccc(NC3NCC4C(=O)N5C/C=C\CC(O)CN6C(=O)COC7CCC(NC76)N5C4N3)cc2C1. The van der Waals surface area contributed by atoms with Gasteiger partial charge in [-0.1, -0.05) is 18.2 Å². The van der Waals surface area contributed by atoms with Gasteiger partial charge in [0.15, 0.2) is 0 Å². The predicted molar refractivity (Wildman–Crippen MR) is 142 cm³/mol. The Morgan fingerprint density at radius 2 is 1.95 bits per heavy atom. The van der Waals surface area contributed by atoms with Crippen LogP contribution in [0.15, 0.2) is 30.4 Å². The van der Waals surface area contributed by atoms with E-state index in [-0.39, 0.29) is 61.8 Å². The third-order valence-corrected chi connectivity index (χ3v) is 8.89. The maximum Gasteiger partial charge on any atom is 0.250 e. The highest BCUT2D eigenvalue weighted by atomic mass is 16.5. The number of carbonyl (C=O) groups excluding carboxylic acids is 2. The first-order valence-corrected chi connectivity index (χ1v) is 14.1. The van der Waals surface area contributed by atoms with E-state index in [9.17, 15) is 14.7 Å². The summed E-state index contributed by atoms with van der Waals surface area (Å²) in [5.74, 6) is -0.305. The van der Waals surface area contributed by atoms with Crippen LogP contribution in [0.3, 0.4) is 0 Å². The van der Waals surface area contributed by atoms with Crippen LogP contribution < -0.4 is 21.3 Å². The van der Waals surface area contributed by atoms with Gasteiger partial charge >= 0.3 is 0 Å². The summed E-state index contributed by atoms with van der Waals surface area (Å²) in [4.78, 5) is 30.5. The summed E-state index contributed by atoms with van der Waals surface area (Å²) in [5, 5.41) is 29.0. The van der Waals surface area contributed by atoms with Crippen molar-refractivity contribution in [3.8, 4) is 0 Å². The molecule has 2 amide bonds. The number of rotatable bonds is 2. The second kappa shape index (κ2) is 10.1. The molecule has 6 heterocycles. The fourth-order valence-corrected chi connectivity index (χ4v) is 7.00. The second-order valence-corrected chi connectivity index (χ2v) is 11.6. The van der Waals surface area contributed by atoms with E-state index in [4.69, 9.17) is 4.74 Å². The number of benzene rings is 1. The number of carbonyl (C=O) groups is 2. The lowest BCUT2D eigenvalue weighted by atomic mass is 9.99. The number of anilines is 1. The zero-order valence-corrected chi connectivity index (χ0v) is 22.3. The monoisotopic (exact) mass is 538 g/mol. The Morgan fingerprint density at radius 1 is 1.08 bits per heavy atom. The first kappa shape index (κ1) is 25.4. The molecule has 0 radical (unpaired) electrons. The van der Waals surface area contributed by atoms with Crippen molar-refractivity contribution in [2.75, 3.05) is 38.6 Å². The summed E-state index contributed by atoms with van der Waals surface area (Å²) in [6, 6.07) is 6.52. The highest BCUT2D eigenvalue weighted by Gasteiger charge is 2.53. The lowest BCUT2D eigenvalue weighted by Crippen LogP contribution is -2.72. The molecule has 0 spiro atoms. The van der Waals surface area contributed by atoms with Crippen LogP contribution in [0.4, 0.5) is 5.69 Å². The third-order valence-electron chi connectivity index (χ3n) is 8.89. The van der Waals surface area contributed by atoms with E-state index >= 15 is 0 Å². The summed E-state index contributed by atoms with van der Waals surface area (Å²) < 4.78 is 5.88. The number of hydrogen-bond donors (Lipinski definition) is 5. The largest absolute Gasteiger partial charge is 0.391 e. The standard InChI is InChI=1S/C27H38N8O4/c1-32-12-16-5-6-18(10-17(16)13-32)29-27-28-11-20-24(31-27)35-22-8-7-21-25(30-22)33(23(37)15-39-21)14-19(36)4-2-3-9-34(35)26(20)38/h2-3,5-6,10,19-22,24-25,27-31,36H,4,7-9,11-15H2,1H3/b3-2-. The minimum atomic E-state index is -0.671. The van der Waals surface area contributed by atoms with Crippen molar-refractivity contribution in [2.24, 2.45) is 5.92 Å². The molecule has 5 N–H and O–H groups in total. The molecule has 6 aliphatic heterocycles. The predicted octanol–water partition coefficient (Wildman–Crippen LogP) is -0.894. The van der Waals surface area contributed by atoms with Crippen LogP contribution in [0.25, 0.3) is 0 Å². The minimum absolute atomic E-state index is 0.0364. The first-order chi connectivity index (χ1) is 18.9. The van der Waals surface area contributed by atoms with Crippen molar-refractivity contribution in [3.63, 3.8) is 0 Å². The average molecular weight is 539 g/mol. The Labute approximate surface area is 228 Å². The van der Waals surface area contributed by atoms with Crippen molar-refractivity contribution >= 4 is 17.5 Å². The highest BCUT2D eigenvalue weighted by Crippen LogP contribution is 2.34. The van der Waals surface area contributed by atoms with Crippen molar-refractivity contribution in [1.29, 1.82) is 0 Å².